The normalized spacial score (nSPS) is 11.6. The van der Waals surface area contributed by atoms with E-state index in [-0.39, 0.29) is 6.04 Å². The molecule has 0 fully saturated rings. The molecule has 3 aromatic rings. The third-order valence-electron chi connectivity index (χ3n) is 2.88. The van der Waals surface area contributed by atoms with Crippen LogP contribution in [0.25, 0.3) is 16.9 Å². The van der Waals surface area contributed by atoms with Crippen molar-refractivity contribution in [3.63, 3.8) is 0 Å². The van der Waals surface area contributed by atoms with E-state index < -0.39 is 0 Å². The van der Waals surface area contributed by atoms with E-state index in [0.717, 1.165) is 16.9 Å². The molecule has 0 saturated carbocycles. The number of rotatable bonds is 2. The van der Waals surface area contributed by atoms with Crippen molar-refractivity contribution in [1.29, 1.82) is 0 Å². The van der Waals surface area contributed by atoms with Gasteiger partial charge in [0.15, 0.2) is 5.82 Å². The highest BCUT2D eigenvalue weighted by atomic mass is 35.5. The number of nitrogens with zero attached hydrogens (tertiary/aromatic N) is 4. The van der Waals surface area contributed by atoms with Crippen molar-refractivity contribution in [2.75, 3.05) is 0 Å². The summed E-state index contributed by atoms with van der Waals surface area (Å²) >= 11 is 6.25. The average molecular weight is 261 g/mol. The van der Waals surface area contributed by atoms with Crippen LogP contribution in [0.15, 0.2) is 36.8 Å². The largest absolute Gasteiger partial charge is 0.280 e. The summed E-state index contributed by atoms with van der Waals surface area (Å²) in [4.78, 5) is 4.35. The molecule has 0 amide bonds. The molecule has 0 spiro atoms. The minimum Gasteiger partial charge on any atom is -0.280 e. The van der Waals surface area contributed by atoms with Crippen molar-refractivity contribution < 1.29 is 0 Å². The number of imidazole rings is 1. The second kappa shape index (κ2) is 4.14. The molecule has 5 heteroatoms. The zero-order valence-electron chi connectivity index (χ0n) is 10.2. The van der Waals surface area contributed by atoms with Crippen LogP contribution in [0.1, 0.15) is 19.9 Å². The van der Waals surface area contributed by atoms with Crippen molar-refractivity contribution in [1.82, 2.24) is 19.3 Å². The first-order valence-corrected chi connectivity index (χ1v) is 6.21. The molecule has 1 aromatic carbocycles. The molecular formula is C13H13ClN4. The number of hydrogen-bond donors (Lipinski definition) is 0. The van der Waals surface area contributed by atoms with E-state index in [2.05, 4.69) is 23.9 Å². The summed E-state index contributed by atoms with van der Waals surface area (Å²) in [6.45, 7) is 4.14. The number of aromatic nitrogens is 4. The predicted octanol–water partition coefficient (Wildman–Crippen LogP) is 3.46. The Kier molecular flexibility index (Phi) is 2.59. The molecule has 2 heterocycles. The predicted molar refractivity (Wildman–Crippen MR) is 72.3 cm³/mol. The second-order valence-corrected chi connectivity index (χ2v) is 4.88. The van der Waals surface area contributed by atoms with Crippen LogP contribution in [0.5, 0.6) is 0 Å². The Labute approximate surface area is 110 Å². The monoisotopic (exact) mass is 260 g/mol. The molecule has 0 saturated heterocycles. The van der Waals surface area contributed by atoms with Crippen LogP contribution in [0, 0.1) is 0 Å². The molecule has 0 unspecified atom stereocenters. The quantitative estimate of drug-likeness (QED) is 0.707. The second-order valence-electron chi connectivity index (χ2n) is 4.48. The number of para-hydroxylation sites is 2. The van der Waals surface area contributed by atoms with Gasteiger partial charge >= 0.3 is 0 Å². The summed E-state index contributed by atoms with van der Waals surface area (Å²) in [6, 6.07) is 8.21. The lowest BCUT2D eigenvalue weighted by molar-refractivity contribution is 0.530. The maximum atomic E-state index is 6.25. The molecule has 0 radical (unpaired) electrons. The van der Waals surface area contributed by atoms with Crippen molar-refractivity contribution >= 4 is 22.6 Å². The van der Waals surface area contributed by atoms with Gasteiger partial charge < -0.3 is 0 Å². The summed E-state index contributed by atoms with van der Waals surface area (Å²) in [5, 5.41) is 5.14. The van der Waals surface area contributed by atoms with Gasteiger partial charge in [0.05, 0.1) is 11.0 Å². The standard InChI is InChI=1S/C13H13ClN4/c1-9(2)18-7-10(14)13(16-18)17-8-15-11-5-3-4-6-12(11)17/h3-9H,1-2H3. The lowest BCUT2D eigenvalue weighted by atomic mass is 10.3. The molecule has 0 aliphatic carbocycles. The Morgan fingerprint density at radius 1 is 1.22 bits per heavy atom. The van der Waals surface area contributed by atoms with Gasteiger partial charge in [0.25, 0.3) is 0 Å². The fraction of sp³-hybridized carbons (Fsp3) is 0.231. The zero-order chi connectivity index (χ0) is 12.7. The van der Waals surface area contributed by atoms with E-state index in [1.807, 2.05) is 39.7 Å². The lowest BCUT2D eigenvalue weighted by Crippen LogP contribution is -2.02. The highest BCUT2D eigenvalue weighted by Gasteiger charge is 2.13. The average Bonchev–Trinajstić information content (AvgIpc) is 2.92. The summed E-state index contributed by atoms with van der Waals surface area (Å²) in [5.74, 6) is 0.721. The fourth-order valence-electron chi connectivity index (χ4n) is 1.92. The van der Waals surface area contributed by atoms with Gasteiger partial charge in [-0.25, -0.2) is 4.98 Å². The maximum absolute atomic E-state index is 6.25. The van der Waals surface area contributed by atoms with E-state index in [0.29, 0.717) is 5.02 Å². The van der Waals surface area contributed by atoms with Crippen molar-refractivity contribution in [2.24, 2.45) is 0 Å². The van der Waals surface area contributed by atoms with E-state index in [1.54, 1.807) is 6.33 Å². The molecule has 2 aromatic heterocycles. The molecule has 0 N–H and O–H groups in total. The number of hydrogen-bond acceptors (Lipinski definition) is 2. The maximum Gasteiger partial charge on any atom is 0.179 e. The lowest BCUT2D eigenvalue weighted by Gasteiger charge is -2.04. The van der Waals surface area contributed by atoms with Crippen LogP contribution >= 0.6 is 11.6 Å². The highest BCUT2D eigenvalue weighted by Crippen LogP contribution is 2.24. The van der Waals surface area contributed by atoms with Gasteiger partial charge in [-0.1, -0.05) is 23.7 Å². The summed E-state index contributed by atoms with van der Waals surface area (Å²) < 4.78 is 3.77. The first-order valence-electron chi connectivity index (χ1n) is 5.84. The first-order chi connectivity index (χ1) is 8.66. The minimum absolute atomic E-state index is 0.283. The van der Waals surface area contributed by atoms with E-state index >= 15 is 0 Å². The molecule has 0 bridgehead atoms. The van der Waals surface area contributed by atoms with Gasteiger partial charge in [-0.05, 0) is 26.0 Å². The first kappa shape index (κ1) is 11.3. The van der Waals surface area contributed by atoms with Gasteiger partial charge in [-0.2, -0.15) is 5.10 Å². The Morgan fingerprint density at radius 2 is 2.00 bits per heavy atom. The van der Waals surface area contributed by atoms with E-state index in [4.69, 9.17) is 11.6 Å². The summed E-state index contributed by atoms with van der Waals surface area (Å²) in [6.07, 6.45) is 3.60. The Hall–Kier alpha value is -1.81. The van der Waals surface area contributed by atoms with Gasteiger partial charge in [0.1, 0.15) is 11.3 Å². The van der Waals surface area contributed by atoms with E-state index in [9.17, 15) is 0 Å². The topological polar surface area (TPSA) is 35.6 Å². The molecule has 0 atom stereocenters. The Balaban J connectivity index is 2.20. The summed E-state index contributed by atoms with van der Waals surface area (Å²) in [7, 11) is 0. The number of halogens is 1. The zero-order valence-corrected chi connectivity index (χ0v) is 11.0. The fourth-order valence-corrected chi connectivity index (χ4v) is 2.14. The smallest absolute Gasteiger partial charge is 0.179 e. The van der Waals surface area contributed by atoms with Crippen molar-refractivity contribution in [3.05, 3.63) is 41.8 Å². The number of fused-ring (bicyclic) bond motifs is 1. The van der Waals surface area contributed by atoms with Crippen LogP contribution in [0.2, 0.25) is 5.02 Å². The Morgan fingerprint density at radius 3 is 2.72 bits per heavy atom. The molecule has 0 aliphatic heterocycles. The third kappa shape index (κ3) is 1.69. The molecule has 3 rings (SSSR count). The van der Waals surface area contributed by atoms with Gasteiger partial charge in [0, 0.05) is 12.2 Å². The van der Waals surface area contributed by atoms with Gasteiger partial charge in [0.2, 0.25) is 0 Å². The van der Waals surface area contributed by atoms with Gasteiger partial charge in [-0.15, -0.1) is 0 Å². The van der Waals surface area contributed by atoms with E-state index in [1.165, 1.54) is 0 Å². The van der Waals surface area contributed by atoms with Crippen molar-refractivity contribution in [3.8, 4) is 5.82 Å². The van der Waals surface area contributed by atoms with Crippen molar-refractivity contribution in [2.45, 2.75) is 19.9 Å². The molecule has 18 heavy (non-hydrogen) atoms. The third-order valence-corrected chi connectivity index (χ3v) is 3.15. The molecule has 4 nitrogen and oxygen atoms in total. The number of benzene rings is 1. The molecule has 0 aliphatic rings. The minimum atomic E-state index is 0.283. The highest BCUT2D eigenvalue weighted by molar-refractivity contribution is 6.32. The van der Waals surface area contributed by atoms with Crippen LogP contribution in [0.3, 0.4) is 0 Å². The van der Waals surface area contributed by atoms with Crippen LogP contribution in [0.4, 0.5) is 0 Å². The van der Waals surface area contributed by atoms with Crippen LogP contribution in [-0.2, 0) is 0 Å². The van der Waals surface area contributed by atoms with Crippen LogP contribution in [-0.4, -0.2) is 19.3 Å². The summed E-state index contributed by atoms with van der Waals surface area (Å²) in [5.41, 5.74) is 1.95. The van der Waals surface area contributed by atoms with Gasteiger partial charge in [-0.3, -0.25) is 9.25 Å². The Bertz CT molecular complexity index is 696. The van der Waals surface area contributed by atoms with Crippen LogP contribution < -0.4 is 0 Å². The molecular weight excluding hydrogens is 248 g/mol. The molecule has 92 valence electrons. The SMILES string of the molecule is CC(C)n1cc(Cl)c(-n2cnc3ccccc32)n1.